The molecule has 158 valence electrons. The summed E-state index contributed by atoms with van der Waals surface area (Å²) in [5, 5.41) is 12.7. The fourth-order valence-corrected chi connectivity index (χ4v) is 5.36. The quantitative estimate of drug-likeness (QED) is 0.487. The number of para-hydroxylation sites is 1. The molecule has 0 fully saturated rings. The molecule has 2 aromatic heterocycles. The van der Waals surface area contributed by atoms with Gasteiger partial charge >= 0.3 is 0 Å². The number of hydrogen-bond acceptors (Lipinski definition) is 5. The smallest absolute Gasteiger partial charge is 0.283 e. The zero-order valence-electron chi connectivity index (χ0n) is 17.2. The van der Waals surface area contributed by atoms with Gasteiger partial charge < -0.3 is 0 Å². The second-order valence-corrected chi connectivity index (χ2v) is 8.80. The molecule has 7 nitrogen and oxygen atoms in total. The summed E-state index contributed by atoms with van der Waals surface area (Å²) in [6, 6.07) is 14.4. The third-order valence-electron chi connectivity index (χ3n) is 5.79. The number of rotatable bonds is 4. The first-order valence-corrected chi connectivity index (χ1v) is 11.0. The van der Waals surface area contributed by atoms with Crippen LogP contribution in [-0.4, -0.2) is 29.6 Å². The number of benzene rings is 2. The van der Waals surface area contributed by atoms with Crippen LogP contribution in [0, 0.1) is 12.7 Å². The van der Waals surface area contributed by atoms with Crippen LogP contribution in [0.2, 0.25) is 0 Å². The van der Waals surface area contributed by atoms with E-state index in [-0.39, 0.29) is 16.6 Å². The molecule has 2 aromatic carbocycles. The molecule has 1 unspecified atom stereocenters. The summed E-state index contributed by atoms with van der Waals surface area (Å²) in [5.74, 6) is -0.240. The van der Waals surface area contributed by atoms with Crippen molar-refractivity contribution < 1.29 is 4.39 Å². The van der Waals surface area contributed by atoms with Crippen LogP contribution in [-0.2, 0) is 13.5 Å². The standard InChI is InChI=1S/C22H21FN6OS/c1-14-20(21(30)29(27(14)2)17-8-4-3-5-9-17)28-22(24-25-26-28)31-19-10-6-7-15-11-12-16(23)13-18(15)19/h3-5,8-9,11-13,19H,6-7,10H2,1-2H3. The van der Waals surface area contributed by atoms with Crippen LogP contribution in [0.3, 0.4) is 0 Å². The van der Waals surface area contributed by atoms with Gasteiger partial charge in [-0.1, -0.05) is 36.0 Å². The first-order chi connectivity index (χ1) is 15.0. The fraction of sp³-hybridized carbons (Fsp3) is 0.273. The maximum absolute atomic E-state index is 13.9. The zero-order chi connectivity index (χ0) is 21.5. The summed E-state index contributed by atoms with van der Waals surface area (Å²) in [7, 11) is 1.84. The number of fused-ring (bicyclic) bond motifs is 1. The van der Waals surface area contributed by atoms with E-state index in [2.05, 4.69) is 15.5 Å². The Balaban J connectivity index is 1.56. The van der Waals surface area contributed by atoms with Crippen LogP contribution in [0.5, 0.6) is 0 Å². The first kappa shape index (κ1) is 19.7. The Bertz CT molecular complexity index is 1310. The van der Waals surface area contributed by atoms with Crippen LogP contribution in [0.15, 0.2) is 58.5 Å². The van der Waals surface area contributed by atoms with Gasteiger partial charge in [0, 0.05) is 12.3 Å². The molecule has 1 aliphatic rings. The van der Waals surface area contributed by atoms with Gasteiger partial charge in [0.05, 0.1) is 11.4 Å². The lowest BCUT2D eigenvalue weighted by atomic mass is 9.91. The highest BCUT2D eigenvalue weighted by atomic mass is 32.2. The van der Waals surface area contributed by atoms with E-state index in [1.165, 1.54) is 22.5 Å². The molecule has 0 spiro atoms. The Morgan fingerprint density at radius 3 is 2.77 bits per heavy atom. The predicted octanol–water partition coefficient (Wildman–Crippen LogP) is 3.77. The first-order valence-electron chi connectivity index (χ1n) is 10.1. The summed E-state index contributed by atoms with van der Waals surface area (Å²) in [6.45, 7) is 1.87. The van der Waals surface area contributed by atoms with Crippen LogP contribution in [0.4, 0.5) is 4.39 Å². The number of tetrazole rings is 1. The number of nitrogens with zero attached hydrogens (tertiary/aromatic N) is 6. The van der Waals surface area contributed by atoms with Crippen LogP contribution in [0.1, 0.15) is 34.9 Å². The van der Waals surface area contributed by atoms with Crippen molar-refractivity contribution in [2.45, 2.75) is 36.6 Å². The molecule has 0 aliphatic heterocycles. The third-order valence-corrected chi connectivity index (χ3v) is 7.03. The summed E-state index contributed by atoms with van der Waals surface area (Å²) in [6.07, 6.45) is 2.86. The number of hydrogen-bond donors (Lipinski definition) is 0. The number of aromatic nitrogens is 6. The number of aryl methyl sites for hydroxylation is 1. The molecule has 0 bridgehead atoms. The van der Waals surface area contributed by atoms with Gasteiger partial charge in [0.25, 0.3) is 5.56 Å². The lowest BCUT2D eigenvalue weighted by molar-refractivity contribution is 0.611. The van der Waals surface area contributed by atoms with E-state index in [0.29, 0.717) is 10.8 Å². The van der Waals surface area contributed by atoms with E-state index in [1.54, 1.807) is 15.4 Å². The Kier molecular flexibility index (Phi) is 4.97. The molecule has 0 N–H and O–H groups in total. The van der Waals surface area contributed by atoms with E-state index in [1.807, 2.05) is 50.4 Å². The minimum Gasteiger partial charge on any atom is -0.283 e. The molecule has 31 heavy (non-hydrogen) atoms. The third kappa shape index (κ3) is 3.38. The molecule has 1 atom stereocenters. The lowest BCUT2D eigenvalue weighted by Gasteiger charge is -2.24. The largest absolute Gasteiger partial charge is 0.297 e. The highest BCUT2D eigenvalue weighted by molar-refractivity contribution is 7.99. The number of halogens is 1. The van der Waals surface area contributed by atoms with Crippen molar-refractivity contribution in [3.63, 3.8) is 0 Å². The van der Waals surface area contributed by atoms with E-state index in [9.17, 15) is 9.18 Å². The van der Waals surface area contributed by atoms with Gasteiger partial charge in [-0.25, -0.2) is 9.07 Å². The molecule has 0 saturated carbocycles. The molecule has 9 heteroatoms. The lowest BCUT2D eigenvalue weighted by Crippen LogP contribution is -2.22. The van der Waals surface area contributed by atoms with Crippen LogP contribution in [0.25, 0.3) is 11.4 Å². The zero-order valence-corrected chi connectivity index (χ0v) is 18.0. The maximum Gasteiger partial charge on any atom is 0.297 e. The molecular weight excluding hydrogens is 415 g/mol. The second-order valence-electron chi connectivity index (χ2n) is 7.63. The van der Waals surface area contributed by atoms with Gasteiger partial charge in [-0.3, -0.25) is 9.48 Å². The molecule has 2 heterocycles. The number of thioether (sulfide) groups is 1. The second kappa shape index (κ2) is 7.81. The van der Waals surface area contributed by atoms with Gasteiger partial charge in [-0.05, 0) is 72.0 Å². The predicted molar refractivity (Wildman–Crippen MR) is 116 cm³/mol. The van der Waals surface area contributed by atoms with Gasteiger partial charge in [-0.2, -0.15) is 4.68 Å². The minimum absolute atomic E-state index is 0.0320. The Hall–Kier alpha value is -3.20. The molecular formula is C22H21FN6OS. The molecule has 0 amide bonds. The molecule has 5 rings (SSSR count). The van der Waals surface area contributed by atoms with Crippen molar-refractivity contribution in [3.8, 4) is 11.4 Å². The Labute approximate surface area is 182 Å². The SMILES string of the molecule is Cc1c(-n2nnnc2SC2CCCc3ccc(F)cc32)c(=O)n(-c2ccccc2)n1C. The van der Waals surface area contributed by atoms with E-state index < -0.39 is 0 Å². The normalized spacial score (nSPS) is 15.8. The molecule has 1 aliphatic carbocycles. The maximum atomic E-state index is 13.9. The topological polar surface area (TPSA) is 70.5 Å². The monoisotopic (exact) mass is 436 g/mol. The van der Waals surface area contributed by atoms with Gasteiger partial charge in [-0.15, -0.1) is 5.10 Å². The molecule has 4 aromatic rings. The average molecular weight is 437 g/mol. The van der Waals surface area contributed by atoms with Crippen LogP contribution < -0.4 is 5.56 Å². The van der Waals surface area contributed by atoms with Crippen molar-refractivity contribution >= 4 is 11.8 Å². The van der Waals surface area contributed by atoms with Crippen molar-refractivity contribution in [3.05, 3.63) is 81.5 Å². The van der Waals surface area contributed by atoms with Gasteiger partial charge in [0.15, 0.2) is 5.69 Å². The van der Waals surface area contributed by atoms with Gasteiger partial charge in [0.2, 0.25) is 5.16 Å². The van der Waals surface area contributed by atoms with E-state index in [0.717, 1.165) is 41.8 Å². The Morgan fingerprint density at radius 1 is 1.16 bits per heavy atom. The fourth-order valence-electron chi connectivity index (χ4n) is 4.17. The van der Waals surface area contributed by atoms with Crippen molar-refractivity contribution in [2.75, 3.05) is 0 Å². The summed E-state index contributed by atoms with van der Waals surface area (Å²) in [4.78, 5) is 13.4. The van der Waals surface area contributed by atoms with Crippen molar-refractivity contribution in [2.24, 2.45) is 7.05 Å². The van der Waals surface area contributed by atoms with E-state index in [4.69, 9.17) is 0 Å². The van der Waals surface area contributed by atoms with Crippen molar-refractivity contribution in [1.29, 1.82) is 0 Å². The van der Waals surface area contributed by atoms with E-state index >= 15 is 0 Å². The average Bonchev–Trinajstić information content (AvgIpc) is 3.30. The summed E-state index contributed by atoms with van der Waals surface area (Å²) < 4.78 is 18.8. The Morgan fingerprint density at radius 2 is 1.97 bits per heavy atom. The summed E-state index contributed by atoms with van der Waals surface area (Å²) in [5.41, 5.74) is 3.87. The van der Waals surface area contributed by atoms with Crippen molar-refractivity contribution in [1.82, 2.24) is 29.6 Å². The highest BCUT2D eigenvalue weighted by Crippen LogP contribution is 2.43. The minimum atomic E-state index is -0.240. The summed E-state index contributed by atoms with van der Waals surface area (Å²) >= 11 is 1.48. The molecule has 0 radical (unpaired) electrons. The van der Waals surface area contributed by atoms with Gasteiger partial charge in [0.1, 0.15) is 5.82 Å². The van der Waals surface area contributed by atoms with Crippen LogP contribution >= 0.6 is 11.8 Å². The molecule has 0 saturated heterocycles. The highest BCUT2D eigenvalue weighted by Gasteiger charge is 2.27.